The number of ether oxygens (including phenoxy) is 1. The average Bonchev–Trinajstić information content (AvgIpc) is 2.73. The molecule has 0 fully saturated rings. The van der Waals surface area contributed by atoms with Crippen molar-refractivity contribution in [1.82, 2.24) is 4.72 Å². The summed E-state index contributed by atoms with van der Waals surface area (Å²) in [4.78, 5) is 26.4. The first-order valence-electron chi connectivity index (χ1n) is 10.2. The Morgan fingerprint density at radius 2 is 1.81 bits per heavy atom. The van der Waals surface area contributed by atoms with Crippen molar-refractivity contribution in [2.45, 2.75) is 37.6 Å². The van der Waals surface area contributed by atoms with Crippen LogP contribution in [0.5, 0.6) is 0 Å². The van der Waals surface area contributed by atoms with Gasteiger partial charge in [-0.25, -0.2) is 17.9 Å². The Morgan fingerprint density at radius 3 is 2.44 bits per heavy atom. The van der Waals surface area contributed by atoms with Gasteiger partial charge in [0, 0.05) is 22.9 Å². The SMILES string of the molecule is COC(=O)NS(=O)(=O)c1ccc(NC(=O)[C@H](C(C)C)N2CCCc3cc(Cl)ccc32)cc1. The summed E-state index contributed by atoms with van der Waals surface area (Å²) in [6, 6.07) is 10.9. The van der Waals surface area contributed by atoms with Crippen LogP contribution in [0.3, 0.4) is 0 Å². The van der Waals surface area contributed by atoms with Crippen molar-refractivity contribution in [3.63, 3.8) is 0 Å². The quantitative estimate of drug-likeness (QED) is 0.653. The monoisotopic (exact) mass is 479 g/mol. The summed E-state index contributed by atoms with van der Waals surface area (Å²) < 4.78 is 30.4. The molecule has 2 aromatic rings. The molecule has 0 saturated heterocycles. The first kappa shape index (κ1) is 23.9. The van der Waals surface area contributed by atoms with Crippen LogP contribution in [0.4, 0.5) is 16.2 Å². The number of amides is 2. The van der Waals surface area contributed by atoms with E-state index in [1.807, 2.05) is 32.0 Å². The lowest BCUT2D eigenvalue weighted by molar-refractivity contribution is -0.118. The van der Waals surface area contributed by atoms with E-state index >= 15 is 0 Å². The number of sulfonamides is 1. The van der Waals surface area contributed by atoms with Crippen LogP contribution in [0.1, 0.15) is 25.8 Å². The summed E-state index contributed by atoms with van der Waals surface area (Å²) in [7, 11) is -2.98. The van der Waals surface area contributed by atoms with Crippen LogP contribution in [-0.4, -0.2) is 40.1 Å². The van der Waals surface area contributed by atoms with Gasteiger partial charge in [-0.15, -0.1) is 0 Å². The summed E-state index contributed by atoms with van der Waals surface area (Å²) in [5, 5.41) is 3.55. The number of aryl methyl sites for hydroxylation is 1. The molecule has 32 heavy (non-hydrogen) atoms. The van der Waals surface area contributed by atoms with Crippen molar-refractivity contribution in [3.05, 3.63) is 53.1 Å². The zero-order chi connectivity index (χ0) is 23.5. The lowest BCUT2D eigenvalue weighted by Crippen LogP contribution is -2.49. The zero-order valence-corrected chi connectivity index (χ0v) is 19.7. The Kier molecular flexibility index (Phi) is 7.30. The fourth-order valence-electron chi connectivity index (χ4n) is 3.83. The van der Waals surface area contributed by atoms with Gasteiger partial charge in [-0.2, -0.15) is 0 Å². The predicted octanol–water partition coefficient (Wildman–Crippen LogP) is 3.80. The summed E-state index contributed by atoms with van der Waals surface area (Å²) >= 11 is 6.15. The molecule has 2 N–H and O–H groups in total. The highest BCUT2D eigenvalue weighted by molar-refractivity contribution is 7.90. The number of carbonyl (C=O) groups is 2. The van der Waals surface area contributed by atoms with Gasteiger partial charge in [0.25, 0.3) is 10.0 Å². The minimum atomic E-state index is -4.06. The molecule has 0 aliphatic carbocycles. The Hall–Kier alpha value is -2.78. The van der Waals surface area contributed by atoms with E-state index < -0.39 is 22.2 Å². The molecule has 3 rings (SSSR count). The average molecular weight is 480 g/mol. The molecule has 2 amide bonds. The third kappa shape index (κ3) is 5.34. The van der Waals surface area contributed by atoms with Crippen molar-refractivity contribution in [1.29, 1.82) is 0 Å². The van der Waals surface area contributed by atoms with E-state index in [9.17, 15) is 18.0 Å². The van der Waals surface area contributed by atoms with Gasteiger partial charge in [-0.3, -0.25) is 4.79 Å². The lowest BCUT2D eigenvalue weighted by atomic mass is 9.95. The van der Waals surface area contributed by atoms with Crippen LogP contribution in [-0.2, 0) is 26.0 Å². The number of anilines is 2. The molecule has 0 unspecified atom stereocenters. The molecule has 0 radical (unpaired) electrons. The normalized spacial score (nSPS) is 14.5. The summed E-state index contributed by atoms with van der Waals surface area (Å²) in [5.74, 6) is -0.161. The fraction of sp³-hybridized carbons (Fsp3) is 0.364. The number of hydrogen-bond acceptors (Lipinski definition) is 6. The molecule has 1 atom stereocenters. The maximum Gasteiger partial charge on any atom is 0.420 e. The second-order valence-corrected chi connectivity index (χ2v) is 9.99. The number of methoxy groups -OCH3 is 1. The van der Waals surface area contributed by atoms with Crippen molar-refractivity contribution >= 4 is 45.0 Å². The van der Waals surface area contributed by atoms with Gasteiger partial charge in [-0.05, 0) is 66.8 Å². The van der Waals surface area contributed by atoms with E-state index in [2.05, 4.69) is 15.0 Å². The second-order valence-electron chi connectivity index (χ2n) is 7.87. The molecular weight excluding hydrogens is 454 g/mol. The summed E-state index contributed by atoms with van der Waals surface area (Å²) in [6.07, 6.45) is 0.753. The van der Waals surface area contributed by atoms with E-state index in [4.69, 9.17) is 11.6 Å². The van der Waals surface area contributed by atoms with Gasteiger partial charge in [0.2, 0.25) is 5.91 Å². The van der Waals surface area contributed by atoms with Crippen LogP contribution >= 0.6 is 11.6 Å². The van der Waals surface area contributed by atoms with E-state index in [1.54, 1.807) is 4.72 Å². The third-order valence-corrected chi connectivity index (χ3v) is 6.83. The molecule has 172 valence electrons. The number of nitrogens with one attached hydrogen (secondary N) is 2. The molecule has 1 heterocycles. The smallest absolute Gasteiger partial charge is 0.420 e. The number of rotatable bonds is 6. The van der Waals surface area contributed by atoms with E-state index in [-0.39, 0.29) is 16.7 Å². The van der Waals surface area contributed by atoms with E-state index in [0.29, 0.717) is 10.7 Å². The first-order chi connectivity index (χ1) is 15.1. The van der Waals surface area contributed by atoms with Crippen LogP contribution in [0.15, 0.2) is 47.4 Å². The van der Waals surface area contributed by atoms with Gasteiger partial charge in [0.05, 0.1) is 12.0 Å². The topological polar surface area (TPSA) is 105 Å². The molecule has 1 aliphatic rings. The Morgan fingerprint density at radius 1 is 1.12 bits per heavy atom. The highest BCUT2D eigenvalue weighted by Crippen LogP contribution is 2.33. The maximum absolute atomic E-state index is 13.2. The Bertz CT molecular complexity index is 1100. The number of halogens is 1. The molecule has 2 aromatic carbocycles. The van der Waals surface area contributed by atoms with Gasteiger partial charge in [-0.1, -0.05) is 25.4 Å². The van der Waals surface area contributed by atoms with Gasteiger partial charge >= 0.3 is 6.09 Å². The molecule has 0 saturated carbocycles. The van der Waals surface area contributed by atoms with Gasteiger partial charge < -0.3 is 15.0 Å². The second kappa shape index (κ2) is 9.79. The summed E-state index contributed by atoms with van der Waals surface area (Å²) in [6.45, 7) is 4.73. The highest BCUT2D eigenvalue weighted by atomic mass is 35.5. The maximum atomic E-state index is 13.2. The standard InChI is InChI=1S/C22H26ClN3O5S/c1-14(2)20(26-12-4-5-15-13-16(23)6-11-19(15)26)21(27)24-17-7-9-18(10-8-17)32(29,30)25-22(28)31-3/h6-11,13-14,20H,4-5,12H2,1-3H3,(H,24,27)(H,25,28)/t20-/m0/s1. The van der Waals surface area contributed by atoms with Gasteiger partial charge in [0.15, 0.2) is 0 Å². The highest BCUT2D eigenvalue weighted by Gasteiger charge is 2.32. The Labute approximate surface area is 192 Å². The predicted molar refractivity (Wildman–Crippen MR) is 124 cm³/mol. The lowest BCUT2D eigenvalue weighted by Gasteiger charge is -2.39. The van der Waals surface area contributed by atoms with Crippen LogP contribution < -0.4 is 14.9 Å². The molecule has 0 bridgehead atoms. The number of nitrogens with zero attached hydrogens (tertiary/aromatic N) is 1. The van der Waals surface area contributed by atoms with Crippen molar-refractivity contribution in [2.75, 3.05) is 23.9 Å². The van der Waals surface area contributed by atoms with Crippen molar-refractivity contribution < 1.29 is 22.7 Å². The van der Waals surface area contributed by atoms with Crippen molar-refractivity contribution in [2.24, 2.45) is 5.92 Å². The molecule has 0 aromatic heterocycles. The molecule has 8 nitrogen and oxygen atoms in total. The fourth-order valence-corrected chi connectivity index (χ4v) is 4.94. The van der Waals surface area contributed by atoms with Crippen LogP contribution in [0.2, 0.25) is 5.02 Å². The summed E-state index contributed by atoms with van der Waals surface area (Å²) in [5.41, 5.74) is 2.57. The molecule has 1 aliphatic heterocycles. The molecular formula is C22H26ClN3O5S. The van der Waals surface area contributed by atoms with Crippen molar-refractivity contribution in [3.8, 4) is 0 Å². The zero-order valence-electron chi connectivity index (χ0n) is 18.1. The first-order valence-corrected chi connectivity index (χ1v) is 12.1. The molecule has 10 heteroatoms. The van der Waals surface area contributed by atoms with Crippen LogP contribution in [0.25, 0.3) is 0 Å². The minimum Gasteiger partial charge on any atom is -0.452 e. The number of carbonyl (C=O) groups excluding carboxylic acids is 2. The van der Waals surface area contributed by atoms with Gasteiger partial charge in [0.1, 0.15) is 6.04 Å². The minimum absolute atomic E-state index is 0.0283. The number of hydrogen-bond donors (Lipinski definition) is 2. The largest absolute Gasteiger partial charge is 0.452 e. The number of fused-ring (bicyclic) bond motifs is 1. The third-order valence-electron chi connectivity index (χ3n) is 5.27. The van der Waals surface area contributed by atoms with E-state index in [0.717, 1.165) is 37.7 Å². The number of benzene rings is 2. The van der Waals surface area contributed by atoms with E-state index in [1.165, 1.54) is 24.3 Å². The van der Waals surface area contributed by atoms with Crippen LogP contribution in [0, 0.1) is 5.92 Å². The Balaban J connectivity index is 1.79. The molecule has 0 spiro atoms.